The molecule has 0 aliphatic rings. The van der Waals surface area contributed by atoms with Crippen LogP contribution in [-0.4, -0.2) is 93.5 Å². The predicted molar refractivity (Wildman–Crippen MR) is 64.1 cm³/mol. The zero-order valence-corrected chi connectivity index (χ0v) is 15.1. The molecule has 4 atom stereocenters. The van der Waals surface area contributed by atoms with Crippen molar-refractivity contribution in [3.05, 3.63) is 0 Å². The van der Waals surface area contributed by atoms with Crippen molar-refractivity contribution in [2.24, 2.45) is 0 Å². The number of hydrogen-bond acceptors (Lipinski definition) is 12. The molecule has 0 saturated carbocycles. The van der Waals surface area contributed by atoms with E-state index in [1.165, 1.54) is 0 Å². The van der Waals surface area contributed by atoms with Gasteiger partial charge in [-0.15, -0.1) is 0 Å². The number of aliphatic hydroxyl groups excluding tert-OH is 4. The normalized spacial score (nSPS) is 14.0. The van der Waals surface area contributed by atoms with E-state index in [9.17, 15) is 34.2 Å². The monoisotopic (exact) mass is 417 g/mol. The minimum absolute atomic E-state index is 0. The summed E-state index contributed by atoms with van der Waals surface area (Å²) in [6.45, 7) is 0.788. The fourth-order valence-electron chi connectivity index (χ4n) is 0.938. The molecule has 0 aliphatic heterocycles. The van der Waals surface area contributed by atoms with E-state index in [1.807, 2.05) is 0 Å². The van der Waals surface area contributed by atoms with Gasteiger partial charge in [0.05, 0.1) is 5.97 Å². The average Bonchev–Trinajstić information content (AvgIpc) is 2.42. The van der Waals surface area contributed by atoms with Crippen LogP contribution in [0.3, 0.4) is 0 Å². The summed E-state index contributed by atoms with van der Waals surface area (Å²) in [5, 5.41) is 46.2. The number of carbonyl (C=O) groups is 5. The Morgan fingerprint density at radius 2 is 1.04 bits per heavy atom. The first-order valence-electron chi connectivity index (χ1n) is 5.40. The van der Waals surface area contributed by atoms with Gasteiger partial charge in [0.25, 0.3) is 0 Å². The Labute approximate surface area is 184 Å². The van der Waals surface area contributed by atoms with E-state index in [4.69, 9.17) is 15.3 Å². The molecule has 0 amide bonds. The molecule has 0 aliphatic carbocycles. The van der Waals surface area contributed by atoms with Gasteiger partial charge >= 0.3 is 72.3 Å². The van der Waals surface area contributed by atoms with Crippen LogP contribution in [0.4, 0.5) is 0 Å². The molecule has 1 radical (unpaired) electrons. The minimum Gasteiger partial charge on any atom is 1.00 e. The number of ether oxygens (including phenoxy) is 2. The molecule has 0 spiro atoms. The molecule has 0 heterocycles. The van der Waals surface area contributed by atoms with Crippen molar-refractivity contribution in [3.63, 3.8) is 0 Å². The molecule has 0 aromatic rings. The summed E-state index contributed by atoms with van der Waals surface area (Å²) < 4.78 is 7.59. The molecule has 4 N–H and O–H groups in total. The Hall–Kier alpha value is -0.293. The van der Waals surface area contributed by atoms with Crippen LogP contribution in [0, 0.1) is 0 Å². The van der Waals surface area contributed by atoms with Crippen molar-refractivity contribution >= 4 is 48.7 Å². The minimum atomic E-state index is -2.72. The molecular formula is C10H12CuLiNaO12. The van der Waals surface area contributed by atoms with Crippen molar-refractivity contribution in [2.75, 3.05) is 0 Å². The van der Waals surface area contributed by atoms with Gasteiger partial charge in [0.2, 0.25) is 0 Å². The first kappa shape index (κ1) is 32.4. The zero-order valence-electron chi connectivity index (χ0n) is 12.2. The van der Waals surface area contributed by atoms with Crippen LogP contribution < -0.4 is 34.7 Å². The molecule has 0 aromatic carbocycles. The van der Waals surface area contributed by atoms with Crippen molar-refractivity contribution in [3.8, 4) is 0 Å². The number of carboxylic acid groups (broad SMARTS) is 1. The number of carbonyl (C=O) groups excluding carboxylic acids is 5. The Morgan fingerprint density at radius 3 is 1.32 bits per heavy atom. The second kappa shape index (κ2) is 14.8. The van der Waals surface area contributed by atoms with Gasteiger partial charge in [0, 0.05) is 24.0 Å². The van der Waals surface area contributed by atoms with Crippen molar-refractivity contribution in [1.29, 1.82) is 0 Å². The predicted octanol–water partition coefficient (Wildman–Crippen LogP) is -9.31. The van der Waals surface area contributed by atoms with Crippen LogP contribution in [-0.2, 0) is 50.5 Å². The molecular weight excluding hydrogens is 406 g/mol. The van der Waals surface area contributed by atoms with E-state index in [0.29, 0.717) is 0 Å². The third-order valence-electron chi connectivity index (χ3n) is 2.01. The second-order valence-corrected chi connectivity index (χ2v) is 3.75. The average molecular weight is 418 g/mol. The smallest absolute Gasteiger partial charge is 1.00 e. The Balaban J connectivity index is -0.000000735. The van der Waals surface area contributed by atoms with Crippen LogP contribution >= 0.6 is 0 Å². The maximum Gasteiger partial charge on any atom is 1.00 e. The number of rotatable bonds is 6. The molecule has 12 nitrogen and oxygen atoms in total. The number of hydrogen-bond donors (Lipinski definition) is 4. The topological polar surface area (TPSA) is 208 Å². The maximum absolute atomic E-state index is 11.2. The van der Waals surface area contributed by atoms with E-state index in [2.05, 4.69) is 9.47 Å². The van der Waals surface area contributed by atoms with Crippen molar-refractivity contribution in [1.82, 2.24) is 0 Å². The second-order valence-electron chi connectivity index (χ2n) is 3.75. The third-order valence-corrected chi connectivity index (χ3v) is 2.01. The van der Waals surface area contributed by atoms with Gasteiger partial charge in [-0.05, 0) is 0 Å². The molecule has 4 unspecified atom stereocenters. The summed E-state index contributed by atoms with van der Waals surface area (Å²) in [6, 6.07) is 0. The molecule has 0 saturated heterocycles. The number of aliphatic carboxylic acids is 1. The van der Waals surface area contributed by atoms with Gasteiger partial charge in [-0.25, -0.2) is 14.4 Å². The fourth-order valence-corrected chi connectivity index (χ4v) is 0.938. The maximum atomic E-state index is 11.2. The van der Waals surface area contributed by atoms with E-state index < -0.39 is 54.3 Å². The van der Waals surface area contributed by atoms with E-state index in [1.54, 1.807) is 0 Å². The number of carboxylic acids is 1. The van der Waals surface area contributed by atoms with Gasteiger partial charge in [0.1, 0.15) is 6.10 Å². The van der Waals surface area contributed by atoms with E-state index in [0.717, 1.165) is 6.92 Å². The molecule has 137 valence electrons. The first-order chi connectivity index (χ1) is 9.98. The first-order valence-corrected chi connectivity index (χ1v) is 5.40. The molecule has 0 aromatic heterocycles. The zero-order chi connectivity index (χ0) is 17.6. The quantitative estimate of drug-likeness (QED) is 0.180. The fraction of sp³-hybridized carbons (Fsp3) is 0.500. The molecule has 0 fully saturated rings. The van der Waals surface area contributed by atoms with Gasteiger partial charge in [-0.2, -0.15) is 0 Å². The van der Waals surface area contributed by atoms with Gasteiger partial charge < -0.3 is 39.8 Å². The molecule has 0 bridgehead atoms. The Morgan fingerprint density at radius 1 is 0.760 bits per heavy atom. The summed E-state index contributed by atoms with van der Waals surface area (Å²) in [5.41, 5.74) is 0. The number of esters is 4. The van der Waals surface area contributed by atoms with Crippen LogP contribution in [0.1, 0.15) is 6.92 Å². The SMILES string of the molecule is CC(=O)OC(=O)C(O)C(O)C(=O)OC(=O)C(O)C(O)C(=O)[O-].[Cu].[LiH].[Na+]. The van der Waals surface area contributed by atoms with Crippen molar-refractivity contribution in [2.45, 2.75) is 31.3 Å². The van der Waals surface area contributed by atoms with Gasteiger partial charge in [-0.3, -0.25) is 4.79 Å². The standard InChI is InChI=1S/C10H12O12.Cu.Li.Na.H/c1-2(11)21-8(18)5(14)6(15)10(20)22-9(19)4(13)3(12)7(16)17;;;;/h3-6,12-15H,1H3,(H,16,17);;;;/q;;;+1;/p-1. The molecule has 25 heavy (non-hydrogen) atoms. The summed E-state index contributed by atoms with van der Waals surface area (Å²) >= 11 is 0. The van der Waals surface area contributed by atoms with Crippen LogP contribution in [0.25, 0.3) is 0 Å². The van der Waals surface area contributed by atoms with Gasteiger partial charge in [0.15, 0.2) is 18.3 Å². The van der Waals surface area contributed by atoms with Crippen LogP contribution in [0.5, 0.6) is 0 Å². The summed E-state index contributed by atoms with van der Waals surface area (Å²) in [5.74, 6) is -9.09. The van der Waals surface area contributed by atoms with E-state index in [-0.39, 0.29) is 65.5 Å². The van der Waals surface area contributed by atoms with E-state index >= 15 is 0 Å². The van der Waals surface area contributed by atoms with Crippen molar-refractivity contribution < 1.29 is 106 Å². The summed E-state index contributed by atoms with van der Waals surface area (Å²) in [4.78, 5) is 53.8. The van der Waals surface area contributed by atoms with Crippen LogP contribution in [0.2, 0.25) is 0 Å². The third kappa shape index (κ3) is 11.1. The summed E-state index contributed by atoms with van der Waals surface area (Å²) in [7, 11) is 0. The largest absolute Gasteiger partial charge is 1.00 e. The number of aliphatic hydroxyl groups is 4. The summed E-state index contributed by atoms with van der Waals surface area (Å²) in [6.07, 6.45) is -10.7. The van der Waals surface area contributed by atoms with Gasteiger partial charge in [-0.1, -0.05) is 0 Å². The van der Waals surface area contributed by atoms with Crippen LogP contribution in [0.15, 0.2) is 0 Å². The molecule has 15 heteroatoms. The Kier molecular flexibility index (Phi) is 19.2. The Bertz CT molecular complexity index is 500. The molecule has 0 rings (SSSR count).